The van der Waals surface area contributed by atoms with E-state index >= 15 is 0 Å². The highest BCUT2D eigenvalue weighted by Gasteiger charge is 2.19. The van der Waals surface area contributed by atoms with Crippen molar-refractivity contribution in [3.05, 3.63) is 46.7 Å². The minimum absolute atomic E-state index is 0.179. The van der Waals surface area contributed by atoms with E-state index in [9.17, 15) is 9.18 Å². The van der Waals surface area contributed by atoms with Gasteiger partial charge in [-0.05, 0) is 30.5 Å². The molecule has 6 heteroatoms. The van der Waals surface area contributed by atoms with E-state index in [4.69, 9.17) is 0 Å². The summed E-state index contributed by atoms with van der Waals surface area (Å²) in [6.45, 7) is 1.77. The van der Waals surface area contributed by atoms with Gasteiger partial charge in [-0.1, -0.05) is 23.9 Å². The van der Waals surface area contributed by atoms with Crippen LogP contribution >= 0.6 is 23.1 Å². The second-order valence-electron chi connectivity index (χ2n) is 5.28. The third-order valence-corrected chi connectivity index (χ3v) is 5.74. The zero-order valence-electron chi connectivity index (χ0n) is 12.1. The molecule has 1 aromatic carbocycles. The zero-order chi connectivity index (χ0) is 15.4. The Kier molecular flexibility index (Phi) is 5.10. The predicted molar refractivity (Wildman–Crippen MR) is 87.6 cm³/mol. The highest BCUT2D eigenvalue weighted by Crippen LogP contribution is 2.26. The molecule has 0 unspecified atom stereocenters. The zero-order valence-corrected chi connectivity index (χ0v) is 13.8. The number of hydrogen-bond donors (Lipinski definition) is 0. The molecule has 2 aromatic rings. The Morgan fingerprint density at radius 1 is 1.27 bits per heavy atom. The Bertz CT molecular complexity index is 636. The Morgan fingerprint density at radius 2 is 2.00 bits per heavy atom. The van der Waals surface area contributed by atoms with Crippen molar-refractivity contribution in [1.29, 1.82) is 0 Å². The molecule has 0 radical (unpaired) electrons. The fraction of sp³-hybridized carbons (Fsp3) is 0.375. The largest absolute Gasteiger partial charge is 0.342 e. The van der Waals surface area contributed by atoms with Crippen LogP contribution in [-0.4, -0.2) is 28.9 Å². The lowest BCUT2D eigenvalue weighted by Crippen LogP contribution is -2.29. The Hall–Kier alpha value is -1.40. The van der Waals surface area contributed by atoms with Crippen LogP contribution in [0.5, 0.6) is 0 Å². The highest BCUT2D eigenvalue weighted by atomic mass is 32.2. The van der Waals surface area contributed by atoms with Gasteiger partial charge in [0, 0.05) is 24.2 Å². The fourth-order valence-corrected chi connectivity index (χ4v) is 4.20. The molecule has 116 valence electrons. The van der Waals surface area contributed by atoms with Gasteiger partial charge < -0.3 is 4.90 Å². The maximum atomic E-state index is 12.8. The van der Waals surface area contributed by atoms with Gasteiger partial charge in [-0.15, -0.1) is 11.3 Å². The lowest BCUT2D eigenvalue weighted by molar-refractivity contribution is -0.129. The van der Waals surface area contributed by atoms with Crippen molar-refractivity contribution in [1.82, 2.24) is 9.88 Å². The molecular weight excluding hydrogens is 319 g/mol. The van der Waals surface area contributed by atoms with E-state index < -0.39 is 0 Å². The van der Waals surface area contributed by atoms with Crippen LogP contribution in [-0.2, 0) is 17.0 Å². The topological polar surface area (TPSA) is 33.2 Å². The minimum Gasteiger partial charge on any atom is -0.342 e. The molecule has 22 heavy (non-hydrogen) atoms. The summed E-state index contributed by atoms with van der Waals surface area (Å²) in [4.78, 5) is 18.5. The molecule has 1 aromatic heterocycles. The van der Waals surface area contributed by atoms with E-state index in [1.807, 2.05) is 10.3 Å². The van der Waals surface area contributed by atoms with Gasteiger partial charge in [0.15, 0.2) is 0 Å². The van der Waals surface area contributed by atoms with Gasteiger partial charge in [-0.25, -0.2) is 9.37 Å². The van der Waals surface area contributed by atoms with Crippen LogP contribution in [0.1, 0.15) is 24.1 Å². The number of thiazole rings is 1. The summed E-state index contributed by atoms with van der Waals surface area (Å²) >= 11 is 3.18. The number of hydrogen-bond acceptors (Lipinski definition) is 4. The molecule has 3 rings (SSSR count). The van der Waals surface area contributed by atoms with Crippen molar-refractivity contribution in [2.75, 3.05) is 13.1 Å². The molecule has 1 amide bonds. The van der Waals surface area contributed by atoms with Crippen LogP contribution in [0.15, 0.2) is 34.0 Å². The number of carbonyl (C=O) groups excluding carboxylic acids is 1. The van der Waals surface area contributed by atoms with Crippen molar-refractivity contribution in [2.24, 2.45) is 0 Å². The van der Waals surface area contributed by atoms with E-state index in [0.29, 0.717) is 6.42 Å². The van der Waals surface area contributed by atoms with Crippen molar-refractivity contribution in [3.63, 3.8) is 0 Å². The number of benzene rings is 1. The smallest absolute Gasteiger partial charge is 0.228 e. The van der Waals surface area contributed by atoms with Gasteiger partial charge in [0.2, 0.25) is 5.91 Å². The van der Waals surface area contributed by atoms with E-state index in [1.54, 1.807) is 35.2 Å². The van der Waals surface area contributed by atoms with Crippen molar-refractivity contribution in [3.8, 4) is 0 Å². The monoisotopic (exact) mass is 336 g/mol. The van der Waals surface area contributed by atoms with Crippen molar-refractivity contribution < 1.29 is 9.18 Å². The number of rotatable bonds is 5. The number of likely N-dealkylation sites (tertiary alicyclic amines) is 1. The third kappa shape index (κ3) is 4.08. The molecular formula is C16H17FN2OS2. The number of thioether (sulfide) groups is 1. The van der Waals surface area contributed by atoms with Crippen LogP contribution < -0.4 is 0 Å². The summed E-state index contributed by atoms with van der Waals surface area (Å²) in [5, 5.41) is 1.96. The maximum Gasteiger partial charge on any atom is 0.228 e. The Labute approximate surface area is 137 Å². The first-order valence-electron chi connectivity index (χ1n) is 7.30. The molecule has 1 saturated heterocycles. The molecule has 1 fully saturated rings. The molecule has 1 aliphatic heterocycles. The lowest BCUT2D eigenvalue weighted by Gasteiger charge is -2.13. The highest BCUT2D eigenvalue weighted by molar-refractivity contribution is 8.00. The molecule has 0 bridgehead atoms. The summed E-state index contributed by atoms with van der Waals surface area (Å²) in [7, 11) is 0. The summed E-state index contributed by atoms with van der Waals surface area (Å²) in [6, 6.07) is 6.51. The Balaban J connectivity index is 1.52. The van der Waals surface area contributed by atoms with Crippen LogP contribution in [0, 0.1) is 5.82 Å². The average Bonchev–Trinajstić information content (AvgIpc) is 3.18. The van der Waals surface area contributed by atoms with Crippen LogP contribution in [0.25, 0.3) is 0 Å². The number of carbonyl (C=O) groups is 1. The second kappa shape index (κ2) is 7.24. The molecule has 1 aliphatic rings. The summed E-state index contributed by atoms with van der Waals surface area (Å²) < 4.78 is 13.8. The number of nitrogens with zero attached hydrogens (tertiary/aromatic N) is 2. The van der Waals surface area contributed by atoms with Crippen LogP contribution in [0.4, 0.5) is 4.39 Å². The van der Waals surface area contributed by atoms with Crippen molar-refractivity contribution >= 4 is 29.0 Å². The standard InChI is InChI=1S/C16H17FN2OS2/c17-13-5-3-12(4-6-13)10-21-16-18-14(11-22-16)9-15(20)19-7-1-2-8-19/h3-6,11H,1-2,7-10H2. The third-order valence-electron chi connectivity index (χ3n) is 3.60. The molecule has 0 saturated carbocycles. The molecule has 0 atom stereocenters. The van der Waals surface area contributed by atoms with Gasteiger partial charge in [-0.3, -0.25) is 4.79 Å². The van der Waals surface area contributed by atoms with E-state index in [1.165, 1.54) is 12.1 Å². The van der Waals surface area contributed by atoms with Crippen LogP contribution in [0.2, 0.25) is 0 Å². The van der Waals surface area contributed by atoms with Gasteiger partial charge in [-0.2, -0.15) is 0 Å². The molecule has 0 N–H and O–H groups in total. The second-order valence-corrected chi connectivity index (χ2v) is 7.37. The Morgan fingerprint density at radius 3 is 2.73 bits per heavy atom. The first-order chi connectivity index (χ1) is 10.7. The van der Waals surface area contributed by atoms with Gasteiger partial charge in [0.05, 0.1) is 12.1 Å². The fourth-order valence-electron chi connectivity index (χ4n) is 2.39. The molecule has 0 spiro atoms. The van der Waals surface area contributed by atoms with Crippen LogP contribution in [0.3, 0.4) is 0 Å². The summed E-state index contributed by atoms with van der Waals surface area (Å²) in [5.74, 6) is 0.719. The van der Waals surface area contributed by atoms with E-state index in [0.717, 1.165) is 47.3 Å². The summed E-state index contributed by atoms with van der Waals surface area (Å²) in [5.41, 5.74) is 1.92. The maximum absolute atomic E-state index is 12.8. The van der Waals surface area contributed by atoms with Crippen molar-refractivity contribution in [2.45, 2.75) is 29.4 Å². The quantitative estimate of drug-likeness (QED) is 0.780. The normalized spacial score (nSPS) is 14.5. The number of aromatic nitrogens is 1. The molecule has 2 heterocycles. The van der Waals surface area contributed by atoms with Gasteiger partial charge in [0.25, 0.3) is 0 Å². The number of halogens is 1. The lowest BCUT2D eigenvalue weighted by atomic mass is 10.2. The first kappa shape index (κ1) is 15.5. The van der Waals surface area contributed by atoms with E-state index in [-0.39, 0.29) is 11.7 Å². The first-order valence-corrected chi connectivity index (χ1v) is 9.16. The van der Waals surface area contributed by atoms with Gasteiger partial charge >= 0.3 is 0 Å². The molecule has 3 nitrogen and oxygen atoms in total. The predicted octanol–water partition coefficient (Wildman–Crippen LogP) is 3.74. The van der Waals surface area contributed by atoms with Gasteiger partial charge in [0.1, 0.15) is 10.2 Å². The van der Waals surface area contributed by atoms with E-state index in [2.05, 4.69) is 4.98 Å². The number of amides is 1. The average molecular weight is 336 g/mol. The summed E-state index contributed by atoms with van der Waals surface area (Å²) in [6.07, 6.45) is 2.62. The SMILES string of the molecule is O=C(Cc1csc(SCc2ccc(F)cc2)n1)N1CCCC1. The molecule has 0 aliphatic carbocycles. The minimum atomic E-state index is -0.217.